The Morgan fingerprint density at radius 3 is 2.83 bits per heavy atom. The van der Waals surface area contributed by atoms with Crippen LogP contribution in [-0.4, -0.2) is 62.2 Å². The number of hydrogen-bond acceptors (Lipinski definition) is 6. The molecule has 1 saturated carbocycles. The molecule has 3 rings (SSSR count). The van der Waals surface area contributed by atoms with Gasteiger partial charge in [-0.15, -0.1) is 0 Å². The summed E-state index contributed by atoms with van der Waals surface area (Å²) >= 11 is 0. The first-order chi connectivity index (χ1) is 14.2. The zero-order chi connectivity index (χ0) is 20.5. The maximum absolute atomic E-state index is 12.5. The maximum Gasteiger partial charge on any atom is 0.223 e. The number of aryl methyl sites for hydroxylation is 1. The fourth-order valence-corrected chi connectivity index (χ4v) is 3.71. The molecule has 2 amide bonds. The van der Waals surface area contributed by atoms with Gasteiger partial charge in [0.25, 0.3) is 0 Å². The predicted molar refractivity (Wildman–Crippen MR) is 105 cm³/mol. The Labute approximate surface area is 170 Å². The molecule has 0 saturated heterocycles. The van der Waals surface area contributed by atoms with Crippen LogP contribution in [0.1, 0.15) is 32.1 Å². The van der Waals surface area contributed by atoms with Gasteiger partial charge in [0.05, 0.1) is 18.7 Å². The van der Waals surface area contributed by atoms with E-state index in [1.807, 2.05) is 12.3 Å². The van der Waals surface area contributed by atoms with Gasteiger partial charge in [-0.05, 0) is 31.7 Å². The number of ether oxygens (including phenoxy) is 1. The normalized spacial score (nSPS) is 21.6. The third-order valence-corrected chi connectivity index (χ3v) is 5.26. The number of carbonyl (C=O) groups excluding carboxylic acids is 2. The molecule has 1 aliphatic carbocycles. The van der Waals surface area contributed by atoms with Crippen molar-refractivity contribution in [2.75, 3.05) is 13.7 Å². The summed E-state index contributed by atoms with van der Waals surface area (Å²) in [6.45, 7) is 1.81. The summed E-state index contributed by atoms with van der Waals surface area (Å²) in [6.07, 6.45) is 9.79. The topological polar surface area (TPSA) is 116 Å². The van der Waals surface area contributed by atoms with Crippen LogP contribution in [0.5, 0.6) is 0 Å². The number of methoxy groups -OCH3 is 1. The van der Waals surface area contributed by atoms with Crippen LogP contribution in [0.15, 0.2) is 31.1 Å². The van der Waals surface area contributed by atoms with E-state index in [1.54, 1.807) is 29.0 Å². The molecule has 2 aromatic rings. The van der Waals surface area contributed by atoms with Crippen molar-refractivity contribution >= 4 is 11.8 Å². The van der Waals surface area contributed by atoms with E-state index in [2.05, 4.69) is 25.8 Å². The highest BCUT2D eigenvalue weighted by Crippen LogP contribution is 2.27. The first kappa shape index (κ1) is 21.0. The molecule has 2 N–H and O–H groups in total. The van der Waals surface area contributed by atoms with Gasteiger partial charge < -0.3 is 15.4 Å². The van der Waals surface area contributed by atoms with Crippen molar-refractivity contribution < 1.29 is 14.3 Å². The van der Waals surface area contributed by atoms with E-state index >= 15 is 0 Å². The van der Waals surface area contributed by atoms with Gasteiger partial charge in [-0.1, -0.05) is 0 Å². The Morgan fingerprint density at radius 2 is 2.10 bits per heavy atom. The van der Waals surface area contributed by atoms with E-state index < -0.39 is 0 Å². The summed E-state index contributed by atoms with van der Waals surface area (Å²) in [5.41, 5.74) is 0. The third kappa shape index (κ3) is 6.38. The third-order valence-electron chi connectivity index (χ3n) is 5.26. The molecule has 10 nitrogen and oxygen atoms in total. The fraction of sp³-hybridized carbons (Fsp3) is 0.632. The summed E-state index contributed by atoms with van der Waals surface area (Å²) in [5, 5.41) is 14.2. The second-order valence-corrected chi connectivity index (χ2v) is 7.28. The summed E-state index contributed by atoms with van der Waals surface area (Å²) in [7, 11) is 1.65. The highest BCUT2D eigenvalue weighted by atomic mass is 16.5. The molecule has 2 heterocycles. The highest BCUT2D eigenvalue weighted by molar-refractivity contribution is 5.79. The molecule has 0 aromatic carbocycles. The van der Waals surface area contributed by atoms with Crippen LogP contribution in [-0.2, 0) is 27.4 Å². The van der Waals surface area contributed by atoms with Crippen molar-refractivity contribution in [1.82, 2.24) is 35.2 Å². The van der Waals surface area contributed by atoms with Gasteiger partial charge in [0, 0.05) is 44.9 Å². The van der Waals surface area contributed by atoms with Crippen molar-refractivity contribution in [2.24, 2.45) is 5.92 Å². The molecule has 10 heteroatoms. The summed E-state index contributed by atoms with van der Waals surface area (Å²) < 4.78 is 9.03. The lowest BCUT2D eigenvalue weighted by atomic mass is 9.83. The largest absolute Gasteiger partial charge is 0.379 e. The van der Waals surface area contributed by atoms with E-state index in [9.17, 15) is 9.59 Å². The van der Waals surface area contributed by atoms with E-state index in [-0.39, 0.29) is 29.9 Å². The van der Waals surface area contributed by atoms with Gasteiger partial charge in [-0.25, -0.2) is 4.98 Å². The highest BCUT2D eigenvalue weighted by Gasteiger charge is 2.34. The van der Waals surface area contributed by atoms with Crippen LogP contribution in [0, 0.1) is 5.92 Å². The minimum atomic E-state index is -0.158. The Hall–Kier alpha value is -2.75. The summed E-state index contributed by atoms with van der Waals surface area (Å²) in [5.74, 6) is -0.131. The lowest BCUT2D eigenvalue weighted by molar-refractivity contribution is -0.130. The van der Waals surface area contributed by atoms with E-state index in [0.29, 0.717) is 38.9 Å². The van der Waals surface area contributed by atoms with E-state index in [1.165, 1.54) is 6.33 Å². The first-order valence-electron chi connectivity index (χ1n) is 10.1. The van der Waals surface area contributed by atoms with Crippen LogP contribution in [0.4, 0.5) is 0 Å². The second kappa shape index (κ2) is 10.7. The monoisotopic (exact) mass is 403 g/mol. The number of nitrogens with one attached hydrogen (secondary N) is 2. The molecule has 3 atom stereocenters. The molecule has 0 bridgehead atoms. The SMILES string of the molecule is CO[C@@H]1CC[C@H](C(=O)NCCn2cccn2)C[C@H]1NC(=O)CCCn1cncn1. The standard InChI is InChI=1S/C19H29N7O3/c1-29-17-6-5-15(19(28)21-8-11-25-10-3-7-22-25)12-16(17)24-18(27)4-2-9-26-14-20-13-23-26/h3,7,10,13-17H,2,4-6,8-9,11-12H2,1H3,(H,21,28)(H,24,27)/t15-,16+,17+/m0/s1. The van der Waals surface area contributed by atoms with E-state index in [0.717, 1.165) is 12.8 Å². The van der Waals surface area contributed by atoms with Gasteiger partial charge in [-0.3, -0.25) is 19.0 Å². The fourth-order valence-electron chi connectivity index (χ4n) is 3.71. The Kier molecular flexibility index (Phi) is 7.74. The molecule has 0 radical (unpaired) electrons. The Bertz CT molecular complexity index is 748. The van der Waals surface area contributed by atoms with Crippen LogP contribution in [0.3, 0.4) is 0 Å². The minimum absolute atomic E-state index is 0.0251. The van der Waals surface area contributed by atoms with Gasteiger partial charge in [0.2, 0.25) is 11.8 Å². The molecular weight excluding hydrogens is 374 g/mol. The van der Waals surface area contributed by atoms with Gasteiger partial charge >= 0.3 is 0 Å². The van der Waals surface area contributed by atoms with Crippen molar-refractivity contribution in [3.63, 3.8) is 0 Å². The first-order valence-corrected chi connectivity index (χ1v) is 10.1. The predicted octanol–water partition coefficient (Wildman–Crippen LogP) is 0.371. The van der Waals surface area contributed by atoms with Crippen molar-refractivity contribution in [3.05, 3.63) is 31.1 Å². The number of carbonyl (C=O) groups is 2. The van der Waals surface area contributed by atoms with Crippen molar-refractivity contribution in [2.45, 2.75) is 57.3 Å². The maximum atomic E-state index is 12.5. The number of nitrogens with zero attached hydrogens (tertiary/aromatic N) is 5. The summed E-state index contributed by atoms with van der Waals surface area (Å²) in [4.78, 5) is 28.8. The number of amides is 2. The molecular formula is C19H29N7O3. The number of aromatic nitrogens is 5. The minimum Gasteiger partial charge on any atom is -0.379 e. The van der Waals surface area contributed by atoms with Crippen molar-refractivity contribution in [3.8, 4) is 0 Å². The smallest absolute Gasteiger partial charge is 0.223 e. The second-order valence-electron chi connectivity index (χ2n) is 7.28. The molecule has 2 aromatic heterocycles. The average molecular weight is 403 g/mol. The zero-order valence-electron chi connectivity index (χ0n) is 16.7. The molecule has 29 heavy (non-hydrogen) atoms. The average Bonchev–Trinajstić information content (AvgIpc) is 3.42. The van der Waals surface area contributed by atoms with E-state index in [4.69, 9.17) is 4.74 Å². The Morgan fingerprint density at radius 1 is 1.21 bits per heavy atom. The molecule has 158 valence electrons. The van der Waals surface area contributed by atoms with Crippen LogP contribution < -0.4 is 10.6 Å². The van der Waals surface area contributed by atoms with Crippen LogP contribution in [0.2, 0.25) is 0 Å². The van der Waals surface area contributed by atoms with Crippen LogP contribution >= 0.6 is 0 Å². The molecule has 0 spiro atoms. The molecule has 1 aliphatic rings. The Balaban J connectivity index is 1.42. The van der Waals surface area contributed by atoms with Crippen molar-refractivity contribution in [1.29, 1.82) is 0 Å². The molecule has 1 fully saturated rings. The molecule has 0 aliphatic heterocycles. The quantitative estimate of drug-likeness (QED) is 0.592. The zero-order valence-corrected chi connectivity index (χ0v) is 16.7. The van der Waals surface area contributed by atoms with Gasteiger partial charge in [-0.2, -0.15) is 10.2 Å². The lowest BCUT2D eigenvalue weighted by Crippen LogP contribution is -2.50. The number of rotatable bonds is 10. The van der Waals surface area contributed by atoms with Gasteiger partial charge in [0.15, 0.2) is 0 Å². The summed E-state index contributed by atoms with van der Waals surface area (Å²) in [6, 6.07) is 1.70. The lowest BCUT2D eigenvalue weighted by Gasteiger charge is -2.35. The molecule has 0 unspecified atom stereocenters. The number of hydrogen-bond donors (Lipinski definition) is 2. The van der Waals surface area contributed by atoms with Gasteiger partial charge in [0.1, 0.15) is 12.7 Å². The van der Waals surface area contributed by atoms with Crippen LogP contribution in [0.25, 0.3) is 0 Å².